The van der Waals surface area contributed by atoms with E-state index in [4.69, 9.17) is 5.11 Å². The Kier molecular flexibility index (Phi) is 3.22. The highest BCUT2D eigenvalue weighted by atomic mass is 16.4. The number of aromatic nitrogens is 1. The Bertz CT molecular complexity index is 447. The number of aromatic carboxylic acids is 1. The zero-order valence-corrected chi connectivity index (χ0v) is 9.14. The molecule has 0 spiro atoms. The van der Waals surface area contributed by atoms with Crippen molar-refractivity contribution in [1.82, 2.24) is 10.3 Å². The molecule has 0 aliphatic carbocycles. The largest absolute Gasteiger partial charge is 0.478 e. The molecule has 1 fully saturated rings. The predicted octanol–water partition coefficient (Wildman–Crippen LogP) is 0.470. The topological polar surface area (TPSA) is 91.3 Å². The molecule has 0 aromatic carbocycles. The first-order valence-corrected chi connectivity index (χ1v) is 5.41. The molecule has 1 unspecified atom stereocenters. The lowest BCUT2D eigenvalue weighted by atomic mass is 10.1. The highest BCUT2D eigenvalue weighted by Gasteiger charge is 2.23. The normalized spacial score (nSPS) is 19.5. The van der Waals surface area contributed by atoms with Crippen LogP contribution in [-0.2, 0) is 4.79 Å². The Hall–Kier alpha value is -2.11. The minimum Gasteiger partial charge on any atom is -0.478 e. The van der Waals surface area contributed by atoms with Crippen LogP contribution in [0.2, 0.25) is 0 Å². The summed E-state index contributed by atoms with van der Waals surface area (Å²) in [6.45, 7) is 0.672. The first kappa shape index (κ1) is 11.4. The number of amides is 1. The SMILES string of the molecule is O=C(O)c1cccnc1NC1CCCNC1=O. The van der Waals surface area contributed by atoms with E-state index in [0.717, 1.165) is 6.42 Å². The van der Waals surface area contributed by atoms with Crippen LogP contribution in [0.5, 0.6) is 0 Å². The highest BCUT2D eigenvalue weighted by Crippen LogP contribution is 2.15. The molecule has 0 radical (unpaired) electrons. The van der Waals surface area contributed by atoms with Crippen molar-refractivity contribution < 1.29 is 14.7 Å². The van der Waals surface area contributed by atoms with Crippen molar-refractivity contribution >= 4 is 17.7 Å². The zero-order valence-electron chi connectivity index (χ0n) is 9.14. The molecule has 2 rings (SSSR count). The van der Waals surface area contributed by atoms with Gasteiger partial charge in [0.25, 0.3) is 0 Å². The number of nitrogens with one attached hydrogen (secondary N) is 2. The standard InChI is InChI=1S/C11H13N3O3/c15-10-8(4-2-6-13-10)14-9-7(11(16)17)3-1-5-12-9/h1,3,5,8H,2,4,6H2,(H,12,14)(H,13,15)(H,16,17). The Labute approximate surface area is 98.1 Å². The zero-order chi connectivity index (χ0) is 12.3. The molecular formula is C11H13N3O3. The monoisotopic (exact) mass is 235 g/mol. The van der Waals surface area contributed by atoms with E-state index in [0.29, 0.717) is 13.0 Å². The van der Waals surface area contributed by atoms with Gasteiger partial charge in [-0.2, -0.15) is 0 Å². The van der Waals surface area contributed by atoms with Gasteiger partial charge in [-0.05, 0) is 25.0 Å². The van der Waals surface area contributed by atoms with Crippen LogP contribution in [-0.4, -0.2) is 34.6 Å². The van der Waals surface area contributed by atoms with Gasteiger partial charge in [-0.25, -0.2) is 9.78 Å². The van der Waals surface area contributed by atoms with Crippen LogP contribution in [0, 0.1) is 0 Å². The molecular weight excluding hydrogens is 222 g/mol. The van der Waals surface area contributed by atoms with Gasteiger partial charge in [0.1, 0.15) is 17.4 Å². The van der Waals surface area contributed by atoms with E-state index in [2.05, 4.69) is 15.6 Å². The molecule has 2 heterocycles. The highest BCUT2D eigenvalue weighted by molar-refractivity contribution is 5.94. The lowest BCUT2D eigenvalue weighted by Crippen LogP contribution is -2.44. The summed E-state index contributed by atoms with van der Waals surface area (Å²) < 4.78 is 0. The first-order valence-electron chi connectivity index (χ1n) is 5.41. The van der Waals surface area contributed by atoms with Gasteiger partial charge in [-0.15, -0.1) is 0 Å². The number of pyridine rings is 1. The van der Waals surface area contributed by atoms with Crippen LogP contribution in [0.3, 0.4) is 0 Å². The summed E-state index contributed by atoms with van der Waals surface area (Å²) >= 11 is 0. The van der Waals surface area contributed by atoms with Crippen LogP contribution >= 0.6 is 0 Å². The summed E-state index contributed by atoms with van der Waals surface area (Å²) in [6.07, 6.45) is 3.05. The third-order valence-electron chi connectivity index (χ3n) is 2.63. The summed E-state index contributed by atoms with van der Waals surface area (Å²) in [7, 11) is 0. The molecule has 1 saturated heterocycles. The van der Waals surface area contributed by atoms with E-state index < -0.39 is 12.0 Å². The number of rotatable bonds is 3. The second-order valence-corrected chi connectivity index (χ2v) is 3.83. The summed E-state index contributed by atoms with van der Waals surface area (Å²) in [5, 5.41) is 14.6. The van der Waals surface area contributed by atoms with Crippen LogP contribution in [0.25, 0.3) is 0 Å². The van der Waals surface area contributed by atoms with Crippen molar-refractivity contribution in [2.24, 2.45) is 0 Å². The van der Waals surface area contributed by atoms with Crippen molar-refractivity contribution in [3.63, 3.8) is 0 Å². The number of hydrogen-bond acceptors (Lipinski definition) is 4. The van der Waals surface area contributed by atoms with E-state index in [1.165, 1.54) is 12.3 Å². The Morgan fingerprint density at radius 1 is 1.59 bits per heavy atom. The van der Waals surface area contributed by atoms with Crippen LogP contribution < -0.4 is 10.6 Å². The number of carboxylic acids is 1. The lowest BCUT2D eigenvalue weighted by molar-refractivity contribution is -0.123. The fourth-order valence-corrected chi connectivity index (χ4v) is 1.77. The van der Waals surface area contributed by atoms with Gasteiger partial charge >= 0.3 is 5.97 Å². The third-order valence-corrected chi connectivity index (χ3v) is 2.63. The molecule has 3 N–H and O–H groups in total. The fraction of sp³-hybridized carbons (Fsp3) is 0.364. The maximum absolute atomic E-state index is 11.5. The molecule has 6 nitrogen and oxygen atoms in total. The molecule has 1 aliphatic rings. The molecule has 6 heteroatoms. The maximum Gasteiger partial charge on any atom is 0.339 e. The van der Waals surface area contributed by atoms with Gasteiger partial charge in [-0.1, -0.05) is 0 Å². The molecule has 0 bridgehead atoms. The van der Waals surface area contributed by atoms with E-state index in [-0.39, 0.29) is 17.3 Å². The van der Waals surface area contributed by atoms with Gasteiger partial charge in [-0.3, -0.25) is 4.79 Å². The number of nitrogens with zero attached hydrogens (tertiary/aromatic N) is 1. The van der Waals surface area contributed by atoms with E-state index in [9.17, 15) is 9.59 Å². The number of hydrogen-bond donors (Lipinski definition) is 3. The van der Waals surface area contributed by atoms with Crippen molar-refractivity contribution in [3.8, 4) is 0 Å². The summed E-state index contributed by atoms with van der Waals surface area (Å²) in [5.41, 5.74) is 0.0749. The fourth-order valence-electron chi connectivity index (χ4n) is 1.77. The molecule has 1 aromatic heterocycles. The molecule has 1 aromatic rings. The second kappa shape index (κ2) is 4.82. The summed E-state index contributed by atoms with van der Waals surface area (Å²) in [4.78, 5) is 26.5. The third kappa shape index (κ3) is 2.52. The van der Waals surface area contributed by atoms with E-state index in [1.54, 1.807) is 6.07 Å². The van der Waals surface area contributed by atoms with Crippen LogP contribution in [0.4, 0.5) is 5.82 Å². The number of piperidine rings is 1. The van der Waals surface area contributed by atoms with E-state index in [1.807, 2.05) is 0 Å². The van der Waals surface area contributed by atoms with Gasteiger partial charge in [0.2, 0.25) is 5.91 Å². The quantitative estimate of drug-likeness (QED) is 0.708. The summed E-state index contributed by atoms with van der Waals surface area (Å²) in [5.74, 6) is -0.933. The van der Waals surface area contributed by atoms with E-state index >= 15 is 0 Å². The van der Waals surface area contributed by atoms with Crippen LogP contribution in [0.1, 0.15) is 23.2 Å². The minimum atomic E-state index is -1.06. The molecule has 17 heavy (non-hydrogen) atoms. The molecule has 0 saturated carbocycles. The van der Waals surface area contributed by atoms with Crippen molar-refractivity contribution in [3.05, 3.63) is 23.9 Å². The van der Waals surface area contributed by atoms with Crippen molar-refractivity contribution in [2.45, 2.75) is 18.9 Å². The van der Waals surface area contributed by atoms with Gasteiger partial charge in [0.05, 0.1) is 0 Å². The number of carbonyl (C=O) groups is 2. The molecule has 1 atom stereocenters. The van der Waals surface area contributed by atoms with Crippen molar-refractivity contribution in [1.29, 1.82) is 0 Å². The number of carboxylic acid groups (broad SMARTS) is 1. The minimum absolute atomic E-state index is 0.0749. The smallest absolute Gasteiger partial charge is 0.339 e. The number of anilines is 1. The Morgan fingerprint density at radius 3 is 3.12 bits per heavy atom. The van der Waals surface area contributed by atoms with Gasteiger partial charge in [0, 0.05) is 12.7 Å². The lowest BCUT2D eigenvalue weighted by Gasteiger charge is -2.23. The maximum atomic E-state index is 11.5. The average Bonchev–Trinajstić information content (AvgIpc) is 2.32. The Balaban J connectivity index is 2.17. The predicted molar refractivity (Wildman–Crippen MR) is 60.9 cm³/mol. The first-order chi connectivity index (χ1) is 8.18. The molecule has 1 aliphatic heterocycles. The average molecular weight is 235 g/mol. The van der Waals surface area contributed by atoms with Gasteiger partial charge < -0.3 is 15.7 Å². The summed E-state index contributed by atoms with van der Waals surface area (Å²) in [6, 6.07) is 2.60. The second-order valence-electron chi connectivity index (χ2n) is 3.83. The van der Waals surface area contributed by atoms with Crippen LogP contribution in [0.15, 0.2) is 18.3 Å². The van der Waals surface area contributed by atoms with Gasteiger partial charge in [0.15, 0.2) is 0 Å². The number of carbonyl (C=O) groups excluding carboxylic acids is 1. The van der Waals surface area contributed by atoms with Crippen molar-refractivity contribution in [2.75, 3.05) is 11.9 Å². The Morgan fingerprint density at radius 2 is 2.41 bits per heavy atom. The molecule has 90 valence electrons. The molecule has 1 amide bonds.